The van der Waals surface area contributed by atoms with Crippen LogP contribution >= 0.6 is 0 Å². The molecular formula is C13H16N2O3. The van der Waals surface area contributed by atoms with Gasteiger partial charge in [0.25, 0.3) is 0 Å². The predicted octanol–water partition coefficient (Wildman–Crippen LogP) is 0.752. The number of piperazine rings is 1. The normalized spacial score (nSPS) is 16.8. The number of hydrogen-bond donors (Lipinski definition) is 0. The van der Waals surface area contributed by atoms with Crippen molar-refractivity contribution < 1.29 is 14.3 Å². The van der Waals surface area contributed by atoms with Gasteiger partial charge in [-0.15, -0.1) is 0 Å². The Hall–Kier alpha value is -1.88. The van der Waals surface area contributed by atoms with Crippen molar-refractivity contribution in [2.75, 3.05) is 38.7 Å². The van der Waals surface area contributed by atoms with Crippen molar-refractivity contribution in [3.8, 4) is 0 Å². The van der Waals surface area contributed by atoms with Crippen molar-refractivity contribution in [2.24, 2.45) is 0 Å². The average Bonchev–Trinajstić information content (AvgIpc) is 2.38. The third-order valence-corrected chi connectivity index (χ3v) is 2.99. The second kappa shape index (κ2) is 5.18. The molecule has 5 nitrogen and oxygen atoms in total. The standard InChI is InChI=1S/C13H16N2O3/c1-14-6-7-15(12(16)9-14)11-5-3-4-10(8-11)13(17)18-2/h3-5,8H,6-7,9H2,1-2H3. The van der Waals surface area contributed by atoms with Crippen LogP contribution in [-0.2, 0) is 9.53 Å². The number of nitrogens with zero attached hydrogens (tertiary/aromatic N) is 2. The maximum Gasteiger partial charge on any atom is 0.337 e. The first-order valence-corrected chi connectivity index (χ1v) is 5.79. The number of ether oxygens (including phenoxy) is 1. The van der Waals surface area contributed by atoms with Crippen molar-refractivity contribution in [1.29, 1.82) is 0 Å². The molecule has 0 spiro atoms. The Morgan fingerprint density at radius 1 is 1.33 bits per heavy atom. The van der Waals surface area contributed by atoms with Gasteiger partial charge in [0.15, 0.2) is 0 Å². The minimum Gasteiger partial charge on any atom is -0.465 e. The first-order valence-electron chi connectivity index (χ1n) is 5.79. The van der Waals surface area contributed by atoms with Gasteiger partial charge in [-0.1, -0.05) is 6.07 Å². The van der Waals surface area contributed by atoms with Crippen molar-refractivity contribution in [3.05, 3.63) is 29.8 Å². The quantitative estimate of drug-likeness (QED) is 0.725. The van der Waals surface area contributed by atoms with E-state index in [-0.39, 0.29) is 5.91 Å². The zero-order valence-electron chi connectivity index (χ0n) is 10.5. The van der Waals surface area contributed by atoms with Gasteiger partial charge in [-0.05, 0) is 25.2 Å². The summed E-state index contributed by atoms with van der Waals surface area (Å²) in [5, 5.41) is 0. The Balaban J connectivity index is 2.23. The molecule has 0 N–H and O–H groups in total. The summed E-state index contributed by atoms with van der Waals surface area (Å²) in [5.41, 5.74) is 1.21. The predicted molar refractivity (Wildman–Crippen MR) is 67.6 cm³/mol. The molecule has 18 heavy (non-hydrogen) atoms. The SMILES string of the molecule is COC(=O)c1cccc(N2CCN(C)CC2=O)c1. The molecule has 2 rings (SSSR count). The van der Waals surface area contributed by atoms with Crippen LogP contribution in [0.2, 0.25) is 0 Å². The summed E-state index contributed by atoms with van der Waals surface area (Å²) in [5.74, 6) is -0.343. The van der Waals surface area contributed by atoms with Crippen molar-refractivity contribution in [1.82, 2.24) is 4.90 Å². The Morgan fingerprint density at radius 2 is 2.11 bits per heavy atom. The molecular weight excluding hydrogens is 232 g/mol. The molecule has 1 heterocycles. The van der Waals surface area contributed by atoms with Gasteiger partial charge in [-0.25, -0.2) is 4.79 Å². The molecule has 0 radical (unpaired) electrons. The van der Waals surface area contributed by atoms with Gasteiger partial charge >= 0.3 is 5.97 Å². The molecule has 0 saturated carbocycles. The number of amides is 1. The minimum absolute atomic E-state index is 0.0470. The van der Waals surface area contributed by atoms with Crippen LogP contribution in [0.1, 0.15) is 10.4 Å². The molecule has 1 aromatic carbocycles. The van der Waals surface area contributed by atoms with Crippen LogP contribution < -0.4 is 4.90 Å². The third-order valence-electron chi connectivity index (χ3n) is 2.99. The zero-order chi connectivity index (χ0) is 13.1. The molecule has 1 amide bonds. The number of benzene rings is 1. The molecule has 0 bridgehead atoms. The maximum atomic E-state index is 11.9. The van der Waals surface area contributed by atoms with Gasteiger partial charge in [-0.3, -0.25) is 9.69 Å². The fourth-order valence-electron chi connectivity index (χ4n) is 1.98. The van der Waals surface area contributed by atoms with Crippen LogP contribution in [0.15, 0.2) is 24.3 Å². The first kappa shape index (κ1) is 12.6. The van der Waals surface area contributed by atoms with Crippen LogP contribution in [0, 0.1) is 0 Å². The fourth-order valence-corrected chi connectivity index (χ4v) is 1.98. The van der Waals surface area contributed by atoms with E-state index in [1.54, 1.807) is 23.1 Å². The minimum atomic E-state index is -0.390. The van der Waals surface area contributed by atoms with Crippen molar-refractivity contribution in [3.63, 3.8) is 0 Å². The molecule has 1 aliphatic heterocycles. The Bertz CT molecular complexity index is 473. The van der Waals surface area contributed by atoms with Gasteiger partial charge < -0.3 is 9.64 Å². The lowest BCUT2D eigenvalue weighted by Crippen LogP contribution is -2.48. The van der Waals surface area contributed by atoms with E-state index in [0.29, 0.717) is 18.7 Å². The lowest BCUT2D eigenvalue weighted by Gasteiger charge is -2.32. The second-order valence-electron chi connectivity index (χ2n) is 4.33. The number of carbonyl (C=O) groups excluding carboxylic acids is 2. The van der Waals surface area contributed by atoms with Crippen LogP contribution in [-0.4, -0.2) is 50.6 Å². The summed E-state index contributed by atoms with van der Waals surface area (Å²) >= 11 is 0. The van der Waals surface area contributed by atoms with Gasteiger partial charge in [0.1, 0.15) is 0 Å². The topological polar surface area (TPSA) is 49.9 Å². The lowest BCUT2D eigenvalue weighted by atomic mass is 10.1. The number of carbonyl (C=O) groups is 2. The molecule has 5 heteroatoms. The summed E-state index contributed by atoms with van der Waals surface area (Å²) in [4.78, 5) is 27.0. The second-order valence-corrected chi connectivity index (χ2v) is 4.33. The van der Waals surface area contributed by atoms with E-state index in [4.69, 9.17) is 0 Å². The highest BCUT2D eigenvalue weighted by molar-refractivity contribution is 5.97. The van der Waals surface area contributed by atoms with Crippen molar-refractivity contribution in [2.45, 2.75) is 0 Å². The Morgan fingerprint density at radius 3 is 2.78 bits per heavy atom. The number of esters is 1. The summed E-state index contributed by atoms with van der Waals surface area (Å²) in [6.45, 7) is 1.87. The summed E-state index contributed by atoms with van der Waals surface area (Å²) in [6, 6.07) is 6.95. The van der Waals surface area contributed by atoms with Crippen LogP contribution in [0.25, 0.3) is 0 Å². The third kappa shape index (κ3) is 2.51. The lowest BCUT2D eigenvalue weighted by molar-refractivity contribution is -0.120. The Kier molecular flexibility index (Phi) is 3.62. The molecule has 0 unspecified atom stereocenters. The molecule has 96 valence electrons. The molecule has 0 aliphatic carbocycles. The van der Waals surface area contributed by atoms with E-state index in [9.17, 15) is 9.59 Å². The summed E-state index contributed by atoms with van der Waals surface area (Å²) in [6.07, 6.45) is 0. The molecule has 0 aromatic heterocycles. The molecule has 1 fully saturated rings. The maximum absolute atomic E-state index is 11.9. The largest absolute Gasteiger partial charge is 0.465 e. The van der Waals surface area contributed by atoms with E-state index < -0.39 is 5.97 Å². The number of anilines is 1. The number of likely N-dealkylation sites (N-methyl/N-ethyl adjacent to an activating group) is 1. The van der Waals surface area contributed by atoms with E-state index in [1.807, 2.05) is 18.0 Å². The number of rotatable bonds is 2. The Labute approximate surface area is 106 Å². The van der Waals surface area contributed by atoms with Crippen LogP contribution in [0.4, 0.5) is 5.69 Å². The zero-order valence-corrected chi connectivity index (χ0v) is 10.5. The van der Waals surface area contributed by atoms with Gasteiger partial charge in [0.05, 0.1) is 19.2 Å². The molecule has 1 aliphatic rings. The van der Waals surface area contributed by atoms with E-state index in [1.165, 1.54) is 7.11 Å². The van der Waals surface area contributed by atoms with E-state index >= 15 is 0 Å². The monoisotopic (exact) mass is 248 g/mol. The van der Waals surface area contributed by atoms with Gasteiger partial charge in [0.2, 0.25) is 5.91 Å². The van der Waals surface area contributed by atoms with Crippen LogP contribution in [0.3, 0.4) is 0 Å². The molecule has 1 saturated heterocycles. The highest BCUT2D eigenvalue weighted by Gasteiger charge is 2.23. The first-order chi connectivity index (χ1) is 8.61. The fraction of sp³-hybridized carbons (Fsp3) is 0.385. The average molecular weight is 248 g/mol. The van der Waals surface area contributed by atoms with E-state index in [0.717, 1.165) is 12.2 Å². The number of methoxy groups -OCH3 is 1. The molecule has 0 atom stereocenters. The van der Waals surface area contributed by atoms with Crippen molar-refractivity contribution >= 4 is 17.6 Å². The highest BCUT2D eigenvalue weighted by atomic mass is 16.5. The summed E-state index contributed by atoms with van der Waals surface area (Å²) in [7, 11) is 3.26. The van der Waals surface area contributed by atoms with E-state index in [2.05, 4.69) is 4.74 Å². The van der Waals surface area contributed by atoms with Gasteiger partial charge in [0, 0.05) is 18.8 Å². The number of hydrogen-bond acceptors (Lipinski definition) is 4. The summed E-state index contributed by atoms with van der Waals surface area (Å²) < 4.78 is 4.67. The van der Waals surface area contributed by atoms with Gasteiger partial charge in [-0.2, -0.15) is 0 Å². The van der Waals surface area contributed by atoms with Crippen LogP contribution in [0.5, 0.6) is 0 Å². The highest BCUT2D eigenvalue weighted by Crippen LogP contribution is 2.19. The smallest absolute Gasteiger partial charge is 0.337 e. The molecule has 1 aromatic rings.